The van der Waals surface area contributed by atoms with Crippen molar-refractivity contribution in [3.05, 3.63) is 63.7 Å². The zero-order chi connectivity index (χ0) is 29.0. The summed E-state index contributed by atoms with van der Waals surface area (Å²) in [5, 5.41) is 9.58. The van der Waals surface area contributed by atoms with E-state index in [0.29, 0.717) is 42.9 Å². The number of methoxy groups -OCH3 is 1. The molecule has 0 bridgehead atoms. The first kappa shape index (κ1) is 26.9. The van der Waals surface area contributed by atoms with E-state index >= 15 is 4.39 Å². The predicted octanol–water partition coefficient (Wildman–Crippen LogP) is 3.31. The van der Waals surface area contributed by atoms with Gasteiger partial charge < -0.3 is 24.2 Å². The summed E-state index contributed by atoms with van der Waals surface area (Å²) >= 11 is 0. The number of carbonyl (C=O) groups is 3. The van der Waals surface area contributed by atoms with E-state index in [1.807, 2.05) is 11.9 Å². The number of halogens is 1. The highest BCUT2D eigenvalue weighted by Gasteiger charge is 2.36. The van der Waals surface area contributed by atoms with Crippen LogP contribution in [0.2, 0.25) is 0 Å². The number of rotatable bonds is 8. The average molecular weight is 563 g/mol. The highest BCUT2D eigenvalue weighted by atomic mass is 19.1. The molecule has 1 atom stereocenters. The minimum atomic E-state index is -1.35. The number of Topliss-reactive ketones (excluding diaryl/α,β-unsaturated/α-hetero) is 1. The molecular formula is C30H31FN4O6. The first-order chi connectivity index (χ1) is 19.7. The maximum absolute atomic E-state index is 15.8. The molecule has 0 radical (unpaired) electrons. The normalized spacial score (nSPS) is 18.9. The molecule has 10 nitrogen and oxygen atoms in total. The molecule has 3 aromatic rings. The molecule has 1 aliphatic carbocycles. The molecule has 1 aromatic heterocycles. The largest absolute Gasteiger partial charge is 0.492 e. The van der Waals surface area contributed by atoms with Gasteiger partial charge in [0.05, 0.1) is 29.3 Å². The Bertz CT molecular complexity index is 1650. The Labute approximate surface area is 235 Å². The minimum Gasteiger partial charge on any atom is -0.492 e. The Balaban J connectivity index is 1.28. The molecule has 1 N–H and O–H groups in total. The van der Waals surface area contributed by atoms with Crippen molar-refractivity contribution in [2.75, 3.05) is 50.1 Å². The second kappa shape index (κ2) is 10.3. The van der Waals surface area contributed by atoms with Crippen LogP contribution >= 0.6 is 0 Å². The van der Waals surface area contributed by atoms with Crippen LogP contribution in [-0.4, -0.2) is 78.6 Å². The van der Waals surface area contributed by atoms with Crippen molar-refractivity contribution in [2.45, 2.75) is 37.8 Å². The lowest BCUT2D eigenvalue weighted by Gasteiger charge is -2.40. The van der Waals surface area contributed by atoms with Crippen LogP contribution in [0.25, 0.3) is 10.9 Å². The summed E-state index contributed by atoms with van der Waals surface area (Å²) in [5.41, 5.74) is 0.580. The van der Waals surface area contributed by atoms with Gasteiger partial charge in [0.2, 0.25) is 5.43 Å². The van der Waals surface area contributed by atoms with Crippen molar-refractivity contribution < 1.29 is 28.6 Å². The van der Waals surface area contributed by atoms with Crippen molar-refractivity contribution in [3.8, 4) is 5.75 Å². The molecule has 2 fully saturated rings. The van der Waals surface area contributed by atoms with Crippen LogP contribution in [0, 0.1) is 5.82 Å². The lowest BCUT2D eigenvalue weighted by atomic mass is 10.0. The number of pyridine rings is 1. The summed E-state index contributed by atoms with van der Waals surface area (Å²) in [6.07, 6.45) is 4.66. The highest BCUT2D eigenvalue weighted by molar-refractivity contribution is 6.52. The van der Waals surface area contributed by atoms with Crippen molar-refractivity contribution >= 4 is 39.9 Å². The minimum absolute atomic E-state index is 0.00862. The average Bonchev–Trinajstić information content (AvgIpc) is 3.78. The van der Waals surface area contributed by atoms with Crippen LogP contribution in [0.3, 0.4) is 0 Å². The van der Waals surface area contributed by atoms with E-state index in [4.69, 9.17) is 4.74 Å². The lowest BCUT2D eigenvalue weighted by Crippen LogP contribution is -2.49. The van der Waals surface area contributed by atoms with Gasteiger partial charge in [0.15, 0.2) is 11.6 Å². The number of benzene rings is 2. The van der Waals surface area contributed by atoms with Gasteiger partial charge in [-0.1, -0.05) is 12.1 Å². The molecule has 2 aliphatic heterocycles. The third-order valence-electron chi connectivity index (χ3n) is 8.46. The van der Waals surface area contributed by atoms with Crippen LogP contribution in [0.4, 0.5) is 15.8 Å². The number of ketones is 1. The Hall–Kier alpha value is -4.25. The quantitative estimate of drug-likeness (QED) is 0.417. The summed E-state index contributed by atoms with van der Waals surface area (Å²) in [5.74, 6) is -2.79. The fraction of sp³-hybridized carbons (Fsp3) is 0.400. The van der Waals surface area contributed by atoms with E-state index in [1.165, 1.54) is 18.2 Å². The number of carboxylic acid groups (broad SMARTS) is 1. The van der Waals surface area contributed by atoms with Gasteiger partial charge in [-0.25, -0.2) is 9.18 Å². The highest BCUT2D eigenvalue weighted by Crippen LogP contribution is 2.44. The fourth-order valence-corrected chi connectivity index (χ4v) is 6.15. The number of carbonyl (C=O) groups excluding carboxylic acids is 2. The van der Waals surface area contributed by atoms with E-state index in [1.54, 1.807) is 28.8 Å². The Morgan fingerprint density at radius 1 is 1.17 bits per heavy atom. The number of piperidine rings is 1. The monoisotopic (exact) mass is 562 g/mol. The van der Waals surface area contributed by atoms with Gasteiger partial charge >= 0.3 is 5.97 Å². The van der Waals surface area contributed by atoms with Gasteiger partial charge in [-0.3, -0.25) is 19.3 Å². The van der Waals surface area contributed by atoms with Gasteiger partial charge in [0.25, 0.3) is 11.7 Å². The summed E-state index contributed by atoms with van der Waals surface area (Å²) in [6.45, 7) is 1.93. The predicted molar refractivity (Wildman–Crippen MR) is 151 cm³/mol. The van der Waals surface area contributed by atoms with Gasteiger partial charge in [0.1, 0.15) is 11.3 Å². The number of ether oxygens (including phenoxy) is 1. The van der Waals surface area contributed by atoms with Crippen molar-refractivity contribution in [1.29, 1.82) is 0 Å². The Morgan fingerprint density at radius 3 is 2.63 bits per heavy atom. The van der Waals surface area contributed by atoms with Crippen molar-refractivity contribution in [1.82, 2.24) is 9.47 Å². The number of anilines is 2. The number of aromatic nitrogens is 1. The standard InChI is InChI=1S/C30H31FN4O6/c1-32(12-13-34-23-8-4-3-7-19(23)27(37)29(34)38)18-6-5-11-33(15-18)25-22(31)14-20-24(28(25)41-2)35(17-9-10-17)16-21(26(20)36)30(39)40/h3-4,7-8,14,16-18H,5-6,9-13,15H2,1-2H3,(H,39,40). The number of fused-ring (bicyclic) bond motifs is 2. The molecule has 0 spiro atoms. The van der Waals surface area contributed by atoms with E-state index < -0.39 is 28.9 Å². The molecule has 6 rings (SSSR count). The summed E-state index contributed by atoms with van der Waals surface area (Å²) < 4.78 is 23.3. The molecule has 2 aromatic carbocycles. The maximum atomic E-state index is 15.8. The first-order valence-corrected chi connectivity index (χ1v) is 13.8. The van der Waals surface area contributed by atoms with Crippen LogP contribution in [0.1, 0.15) is 52.4 Å². The summed E-state index contributed by atoms with van der Waals surface area (Å²) in [4.78, 5) is 55.3. The van der Waals surface area contributed by atoms with Gasteiger partial charge in [-0.05, 0) is 50.9 Å². The van der Waals surface area contributed by atoms with E-state index in [0.717, 1.165) is 31.7 Å². The van der Waals surface area contributed by atoms with E-state index in [9.17, 15) is 24.3 Å². The molecule has 1 saturated carbocycles. The van der Waals surface area contributed by atoms with E-state index in [-0.39, 0.29) is 34.5 Å². The third kappa shape index (κ3) is 4.54. The lowest BCUT2D eigenvalue weighted by molar-refractivity contribution is -0.114. The summed E-state index contributed by atoms with van der Waals surface area (Å²) in [7, 11) is 3.39. The zero-order valence-corrected chi connectivity index (χ0v) is 22.9. The number of amides is 1. The number of hydrogen-bond donors (Lipinski definition) is 1. The number of aromatic carboxylic acids is 1. The molecule has 41 heavy (non-hydrogen) atoms. The van der Waals surface area contributed by atoms with Gasteiger partial charge in [-0.2, -0.15) is 0 Å². The number of carboxylic acids is 1. The maximum Gasteiger partial charge on any atom is 0.341 e. The molecule has 1 amide bonds. The molecule has 3 heterocycles. The van der Waals surface area contributed by atoms with Crippen LogP contribution in [-0.2, 0) is 4.79 Å². The Morgan fingerprint density at radius 2 is 1.93 bits per heavy atom. The van der Waals surface area contributed by atoms with Crippen molar-refractivity contribution in [3.63, 3.8) is 0 Å². The molecule has 1 unspecified atom stereocenters. The van der Waals surface area contributed by atoms with Crippen LogP contribution < -0.4 is 20.0 Å². The summed E-state index contributed by atoms with van der Waals surface area (Å²) in [6, 6.07) is 8.18. The Kier molecular flexibility index (Phi) is 6.77. The topological polar surface area (TPSA) is 112 Å². The molecule has 214 valence electrons. The molecule has 3 aliphatic rings. The second-order valence-electron chi connectivity index (χ2n) is 11.0. The van der Waals surface area contributed by atoms with Gasteiger partial charge in [-0.15, -0.1) is 0 Å². The SMILES string of the molecule is COc1c(N2CCCC(N(C)CCN3C(=O)C(=O)c4ccccc43)C2)c(F)cc2c(=O)c(C(=O)O)cn(C3CC3)c12. The first-order valence-electron chi connectivity index (χ1n) is 13.8. The zero-order valence-electron chi connectivity index (χ0n) is 22.9. The second-order valence-corrected chi connectivity index (χ2v) is 11.0. The van der Waals surface area contributed by atoms with Gasteiger partial charge in [0, 0.05) is 44.5 Å². The number of para-hydroxylation sites is 1. The molecule has 1 saturated heterocycles. The van der Waals surface area contributed by atoms with Crippen LogP contribution in [0.15, 0.2) is 41.3 Å². The molecular weight excluding hydrogens is 531 g/mol. The number of nitrogens with zero attached hydrogens (tertiary/aromatic N) is 4. The number of likely N-dealkylation sites (N-methyl/N-ethyl adjacent to an activating group) is 1. The smallest absolute Gasteiger partial charge is 0.341 e. The van der Waals surface area contributed by atoms with Crippen LogP contribution in [0.5, 0.6) is 5.75 Å². The number of hydrogen-bond acceptors (Lipinski definition) is 7. The molecule has 11 heteroatoms. The fourth-order valence-electron chi connectivity index (χ4n) is 6.15. The van der Waals surface area contributed by atoms with E-state index in [2.05, 4.69) is 4.90 Å². The van der Waals surface area contributed by atoms with Crippen molar-refractivity contribution in [2.24, 2.45) is 0 Å². The third-order valence-corrected chi connectivity index (χ3v) is 8.46.